The van der Waals surface area contributed by atoms with Crippen molar-refractivity contribution in [2.24, 2.45) is 0 Å². The number of hydrogen-bond donors (Lipinski definition) is 0. The molecule has 0 saturated carbocycles. The van der Waals surface area contributed by atoms with Crippen LogP contribution in [0.1, 0.15) is 31.6 Å². The zero-order valence-electron chi connectivity index (χ0n) is 14.4. The summed E-state index contributed by atoms with van der Waals surface area (Å²) in [6.45, 7) is 0. The van der Waals surface area contributed by atoms with Gasteiger partial charge in [0.25, 0.3) is 0 Å². The van der Waals surface area contributed by atoms with Crippen molar-refractivity contribution in [3.63, 3.8) is 0 Å². The van der Waals surface area contributed by atoms with Crippen molar-refractivity contribution >= 4 is 39.1 Å². The van der Waals surface area contributed by atoms with Gasteiger partial charge in [-0.3, -0.25) is 0 Å². The van der Waals surface area contributed by atoms with E-state index >= 15 is 0 Å². The first-order valence-corrected chi connectivity index (χ1v) is 10.6. The molecule has 0 spiro atoms. The summed E-state index contributed by atoms with van der Waals surface area (Å²) in [7, 11) is 0. The zero-order valence-corrected chi connectivity index (χ0v) is 17.4. The lowest BCUT2D eigenvalue weighted by atomic mass is 10.1. The van der Waals surface area contributed by atoms with Crippen LogP contribution < -0.4 is 0 Å². The number of aromatic nitrogens is 1. The van der Waals surface area contributed by atoms with Crippen LogP contribution in [0.5, 0.6) is 0 Å². The third-order valence-corrected chi connectivity index (χ3v) is 5.23. The van der Waals surface area contributed by atoms with Gasteiger partial charge in [-0.15, -0.1) is 0 Å². The van der Waals surface area contributed by atoms with E-state index in [1.807, 2.05) is 48.5 Å². The van der Waals surface area contributed by atoms with Gasteiger partial charge >= 0.3 is 0 Å². The molecule has 3 aromatic rings. The number of benzene rings is 2. The lowest BCUT2D eigenvalue weighted by Crippen LogP contribution is -1.87. The number of aryl methyl sites for hydroxylation is 1. The Morgan fingerprint density at radius 3 is 1.96 bits per heavy atom. The molecule has 2 aromatic carbocycles. The lowest BCUT2D eigenvalue weighted by Gasteiger charge is -2.02. The van der Waals surface area contributed by atoms with E-state index in [0.717, 1.165) is 46.6 Å². The fraction of sp³-hybridized carbons (Fsp3) is 0.286. The molecule has 0 bridgehead atoms. The van der Waals surface area contributed by atoms with Crippen LogP contribution in [0.25, 0.3) is 22.6 Å². The van der Waals surface area contributed by atoms with Gasteiger partial charge in [-0.25, -0.2) is 4.98 Å². The maximum absolute atomic E-state index is 6.14. The number of hydrogen-bond acceptors (Lipinski definition) is 2. The van der Waals surface area contributed by atoms with Crippen LogP contribution in [-0.2, 0) is 6.42 Å². The van der Waals surface area contributed by atoms with Crippen molar-refractivity contribution in [1.82, 2.24) is 4.98 Å². The zero-order chi connectivity index (χ0) is 18.4. The molecule has 5 heteroatoms. The van der Waals surface area contributed by atoms with Gasteiger partial charge in [0.1, 0.15) is 5.69 Å². The SMILES string of the molecule is Clc1ccc(-c2nc(CCCCCCBr)oc2-c2ccc(Cl)cc2)cc1. The molecule has 0 aliphatic heterocycles. The minimum absolute atomic E-state index is 0.702. The third-order valence-electron chi connectivity index (χ3n) is 4.17. The molecule has 0 unspecified atom stereocenters. The quantitative estimate of drug-likeness (QED) is 0.257. The van der Waals surface area contributed by atoms with E-state index in [1.165, 1.54) is 19.3 Å². The third kappa shape index (κ3) is 5.12. The molecule has 0 aliphatic carbocycles. The number of alkyl halides is 1. The molecule has 0 N–H and O–H groups in total. The van der Waals surface area contributed by atoms with Gasteiger partial charge in [0.15, 0.2) is 11.7 Å². The Bertz CT molecular complexity index is 765. The maximum Gasteiger partial charge on any atom is 0.195 e. The summed E-state index contributed by atoms with van der Waals surface area (Å²) in [5.74, 6) is 1.55. The average Bonchev–Trinajstić information content (AvgIpc) is 3.07. The molecular weight excluding hydrogens is 433 g/mol. The summed E-state index contributed by atoms with van der Waals surface area (Å²) in [4.78, 5) is 4.77. The predicted molar refractivity (Wildman–Crippen MR) is 113 cm³/mol. The molecule has 0 atom stereocenters. The second kappa shape index (κ2) is 9.59. The van der Waals surface area contributed by atoms with Crippen molar-refractivity contribution in [3.8, 4) is 22.6 Å². The molecule has 26 heavy (non-hydrogen) atoms. The summed E-state index contributed by atoms with van der Waals surface area (Å²) < 4.78 is 6.14. The van der Waals surface area contributed by atoms with Gasteiger partial charge in [0.05, 0.1) is 0 Å². The van der Waals surface area contributed by atoms with Gasteiger partial charge in [-0.1, -0.05) is 64.1 Å². The molecule has 3 rings (SSSR count). The van der Waals surface area contributed by atoms with E-state index in [9.17, 15) is 0 Å². The molecule has 136 valence electrons. The molecule has 0 radical (unpaired) electrons. The highest BCUT2D eigenvalue weighted by atomic mass is 79.9. The first-order chi connectivity index (χ1) is 12.7. The highest BCUT2D eigenvalue weighted by Crippen LogP contribution is 2.34. The Hall–Kier alpha value is -1.29. The minimum Gasteiger partial charge on any atom is -0.440 e. The first-order valence-electron chi connectivity index (χ1n) is 8.75. The number of halogens is 3. The molecular formula is C21H20BrCl2NO. The van der Waals surface area contributed by atoms with Crippen molar-refractivity contribution in [2.45, 2.75) is 32.1 Å². The van der Waals surface area contributed by atoms with Crippen LogP contribution in [0.15, 0.2) is 52.9 Å². The summed E-state index contributed by atoms with van der Waals surface area (Å²) in [5, 5.41) is 2.47. The molecule has 1 aromatic heterocycles. The van der Waals surface area contributed by atoms with Crippen molar-refractivity contribution in [3.05, 3.63) is 64.5 Å². The van der Waals surface area contributed by atoms with Crippen LogP contribution in [0.4, 0.5) is 0 Å². The number of rotatable bonds is 8. The average molecular weight is 453 g/mol. The van der Waals surface area contributed by atoms with E-state index in [0.29, 0.717) is 10.0 Å². The number of oxazole rings is 1. The van der Waals surface area contributed by atoms with Crippen molar-refractivity contribution < 1.29 is 4.42 Å². The summed E-state index contributed by atoms with van der Waals surface area (Å²) >= 11 is 15.5. The molecule has 0 amide bonds. The van der Waals surface area contributed by atoms with Gasteiger partial charge in [0.2, 0.25) is 0 Å². The normalized spacial score (nSPS) is 11.0. The van der Waals surface area contributed by atoms with Crippen LogP contribution >= 0.6 is 39.1 Å². The second-order valence-corrected chi connectivity index (χ2v) is 7.82. The minimum atomic E-state index is 0.702. The molecule has 0 aliphatic rings. The van der Waals surface area contributed by atoms with Crippen LogP contribution in [0.3, 0.4) is 0 Å². The van der Waals surface area contributed by atoms with E-state index in [1.54, 1.807) is 0 Å². The Morgan fingerprint density at radius 1 is 0.769 bits per heavy atom. The van der Waals surface area contributed by atoms with Crippen molar-refractivity contribution in [2.75, 3.05) is 5.33 Å². The Balaban J connectivity index is 1.87. The van der Waals surface area contributed by atoms with Crippen LogP contribution in [0.2, 0.25) is 10.0 Å². The summed E-state index contributed by atoms with van der Waals surface area (Å²) in [5.41, 5.74) is 2.81. The largest absolute Gasteiger partial charge is 0.440 e. The maximum atomic E-state index is 6.14. The smallest absolute Gasteiger partial charge is 0.195 e. The first kappa shape index (κ1) is 19.5. The van der Waals surface area contributed by atoms with Crippen molar-refractivity contribution in [1.29, 1.82) is 0 Å². The number of nitrogens with zero attached hydrogens (tertiary/aromatic N) is 1. The fourth-order valence-corrected chi connectivity index (χ4v) is 3.44. The van der Waals surface area contributed by atoms with E-state index in [4.69, 9.17) is 32.6 Å². The van der Waals surface area contributed by atoms with Crippen LogP contribution in [-0.4, -0.2) is 10.3 Å². The summed E-state index contributed by atoms with van der Waals surface area (Å²) in [6, 6.07) is 15.3. The van der Waals surface area contributed by atoms with E-state index in [2.05, 4.69) is 15.9 Å². The Labute approximate surface area is 172 Å². The standard InChI is InChI=1S/C21H20BrCl2NO/c22-14-4-2-1-3-5-19-25-20(15-6-10-17(23)11-7-15)21(26-19)16-8-12-18(24)13-9-16/h6-13H,1-5,14H2. The fourth-order valence-electron chi connectivity index (χ4n) is 2.80. The molecule has 0 saturated heterocycles. The molecule has 2 nitrogen and oxygen atoms in total. The highest BCUT2D eigenvalue weighted by Gasteiger charge is 2.17. The van der Waals surface area contributed by atoms with Crippen LogP contribution in [0, 0.1) is 0 Å². The second-order valence-electron chi connectivity index (χ2n) is 6.15. The predicted octanol–water partition coefficient (Wildman–Crippen LogP) is 7.81. The van der Waals surface area contributed by atoms with E-state index in [-0.39, 0.29) is 0 Å². The van der Waals surface area contributed by atoms with Gasteiger partial charge in [0, 0.05) is 32.9 Å². The molecule has 1 heterocycles. The Kier molecular flexibility index (Phi) is 7.18. The number of unbranched alkanes of at least 4 members (excludes halogenated alkanes) is 3. The van der Waals surface area contributed by atoms with Gasteiger partial charge in [-0.05, 0) is 49.2 Å². The highest BCUT2D eigenvalue weighted by molar-refractivity contribution is 9.09. The van der Waals surface area contributed by atoms with Gasteiger partial charge in [-0.2, -0.15) is 0 Å². The summed E-state index contributed by atoms with van der Waals surface area (Å²) in [6.07, 6.45) is 5.53. The monoisotopic (exact) mass is 451 g/mol. The topological polar surface area (TPSA) is 26.0 Å². The Morgan fingerprint density at radius 2 is 1.35 bits per heavy atom. The molecule has 0 fully saturated rings. The lowest BCUT2D eigenvalue weighted by molar-refractivity contribution is 0.490. The van der Waals surface area contributed by atoms with E-state index < -0.39 is 0 Å². The van der Waals surface area contributed by atoms with Gasteiger partial charge < -0.3 is 4.42 Å².